The van der Waals surface area contributed by atoms with E-state index in [-0.39, 0.29) is 5.91 Å². The maximum Gasteiger partial charge on any atom is 0.255 e. The molecule has 5 nitrogen and oxygen atoms in total. The Balaban J connectivity index is 1.41. The average molecular weight is 446 g/mol. The van der Waals surface area contributed by atoms with E-state index in [1.807, 2.05) is 35.3 Å². The van der Waals surface area contributed by atoms with Crippen LogP contribution in [0.1, 0.15) is 16.1 Å². The first-order chi connectivity index (χ1) is 14.2. The van der Waals surface area contributed by atoms with Crippen molar-refractivity contribution in [3.05, 3.63) is 69.6 Å². The Bertz CT molecular complexity index is 976. The Labute approximate surface area is 183 Å². The summed E-state index contributed by atoms with van der Waals surface area (Å²) < 4.78 is 5.73. The van der Waals surface area contributed by atoms with Crippen LogP contribution >= 0.6 is 34.7 Å². The smallest absolute Gasteiger partial charge is 0.255 e. The van der Waals surface area contributed by atoms with Gasteiger partial charge in [-0.3, -0.25) is 4.79 Å². The third-order valence-corrected chi connectivity index (χ3v) is 6.40. The lowest BCUT2D eigenvalue weighted by atomic mass is 10.2. The highest BCUT2D eigenvalue weighted by molar-refractivity contribution is 7.99. The van der Waals surface area contributed by atoms with Crippen molar-refractivity contribution >= 4 is 52.0 Å². The lowest BCUT2D eigenvalue weighted by molar-refractivity contribution is 0.102. The second kappa shape index (κ2) is 9.52. The second-order valence-corrected chi connectivity index (χ2v) is 8.87. The molecule has 0 radical (unpaired) electrons. The van der Waals surface area contributed by atoms with Gasteiger partial charge in [0.2, 0.25) is 0 Å². The van der Waals surface area contributed by atoms with Crippen LogP contribution in [0.15, 0.2) is 53.4 Å². The summed E-state index contributed by atoms with van der Waals surface area (Å²) in [5.41, 5.74) is 4.84. The van der Waals surface area contributed by atoms with Gasteiger partial charge < -0.3 is 15.0 Å². The zero-order chi connectivity index (χ0) is 20.1. The number of nitrogens with zero attached hydrogens (tertiary/aromatic N) is 2. The number of aromatic nitrogens is 1. The molecular formula is C21H20ClN3O2S2. The van der Waals surface area contributed by atoms with Gasteiger partial charge in [-0.2, -0.15) is 11.8 Å². The quantitative estimate of drug-likeness (QED) is 0.566. The number of thioether (sulfide) groups is 1. The van der Waals surface area contributed by atoms with Crippen molar-refractivity contribution in [2.45, 2.75) is 6.61 Å². The van der Waals surface area contributed by atoms with Gasteiger partial charge in [-0.1, -0.05) is 17.7 Å². The van der Waals surface area contributed by atoms with Crippen molar-refractivity contribution in [1.29, 1.82) is 0 Å². The van der Waals surface area contributed by atoms with Gasteiger partial charge in [0.15, 0.2) is 0 Å². The number of amides is 1. The number of carbonyl (C=O) groups excluding carboxylic acids is 1. The number of anilines is 2. The van der Waals surface area contributed by atoms with E-state index in [4.69, 9.17) is 16.3 Å². The fraction of sp³-hybridized carbons (Fsp3) is 0.238. The van der Waals surface area contributed by atoms with Crippen LogP contribution < -0.4 is 15.0 Å². The molecule has 1 aromatic heterocycles. The molecule has 150 valence electrons. The van der Waals surface area contributed by atoms with Crippen molar-refractivity contribution in [3.63, 3.8) is 0 Å². The van der Waals surface area contributed by atoms with E-state index in [9.17, 15) is 4.79 Å². The van der Waals surface area contributed by atoms with E-state index in [0.29, 0.717) is 28.6 Å². The standard InChI is InChI=1S/C21H20ClN3O2S2/c22-19-11-16(4-5-20(19)25-6-8-28-9-7-25)24-21(26)15-2-1-3-18(10-15)27-12-17-13-29-14-23-17/h1-5,10-11,13-14H,6-9,12H2,(H,24,26). The molecule has 3 aromatic rings. The summed E-state index contributed by atoms with van der Waals surface area (Å²) in [5.74, 6) is 2.63. The van der Waals surface area contributed by atoms with Crippen LogP contribution in [0.25, 0.3) is 0 Å². The van der Waals surface area contributed by atoms with E-state index < -0.39 is 0 Å². The number of halogens is 1. The van der Waals surface area contributed by atoms with Crippen LogP contribution in [0, 0.1) is 0 Å². The first kappa shape index (κ1) is 20.1. The van der Waals surface area contributed by atoms with Crippen LogP contribution in [-0.2, 0) is 6.61 Å². The molecule has 0 aliphatic carbocycles. The summed E-state index contributed by atoms with van der Waals surface area (Å²) >= 11 is 9.96. The molecule has 0 atom stereocenters. The Morgan fingerprint density at radius 3 is 2.83 bits per heavy atom. The van der Waals surface area contributed by atoms with Gasteiger partial charge in [-0.05, 0) is 36.4 Å². The monoisotopic (exact) mass is 445 g/mol. The van der Waals surface area contributed by atoms with E-state index >= 15 is 0 Å². The summed E-state index contributed by atoms with van der Waals surface area (Å²) in [5, 5.41) is 5.50. The summed E-state index contributed by atoms with van der Waals surface area (Å²) in [7, 11) is 0. The second-order valence-electron chi connectivity index (χ2n) is 6.52. The highest BCUT2D eigenvalue weighted by atomic mass is 35.5. The topological polar surface area (TPSA) is 54.5 Å². The highest BCUT2D eigenvalue weighted by Crippen LogP contribution is 2.30. The molecule has 4 rings (SSSR count). The molecule has 1 aliphatic heterocycles. The van der Waals surface area contributed by atoms with Crippen LogP contribution in [0.4, 0.5) is 11.4 Å². The molecule has 0 spiro atoms. The van der Waals surface area contributed by atoms with Crippen LogP contribution in [0.3, 0.4) is 0 Å². The number of ether oxygens (including phenoxy) is 1. The lowest BCUT2D eigenvalue weighted by Gasteiger charge is -2.29. The maximum absolute atomic E-state index is 12.7. The highest BCUT2D eigenvalue weighted by Gasteiger charge is 2.15. The van der Waals surface area contributed by atoms with Gasteiger partial charge >= 0.3 is 0 Å². The molecule has 1 aliphatic rings. The van der Waals surface area contributed by atoms with Gasteiger partial charge in [0.25, 0.3) is 5.91 Å². The molecule has 1 saturated heterocycles. The van der Waals surface area contributed by atoms with Crippen LogP contribution in [0.2, 0.25) is 5.02 Å². The molecule has 0 unspecified atom stereocenters. The average Bonchev–Trinajstić information content (AvgIpc) is 3.27. The van der Waals surface area contributed by atoms with Crippen molar-refractivity contribution in [1.82, 2.24) is 4.98 Å². The van der Waals surface area contributed by atoms with Crippen molar-refractivity contribution in [3.8, 4) is 5.75 Å². The number of carbonyl (C=O) groups is 1. The fourth-order valence-corrected chi connectivity index (χ4v) is 4.79. The number of benzene rings is 2. The van der Waals surface area contributed by atoms with Gasteiger partial charge in [-0.25, -0.2) is 4.98 Å². The van der Waals surface area contributed by atoms with Crippen molar-refractivity contribution in [2.24, 2.45) is 0 Å². The molecule has 29 heavy (non-hydrogen) atoms. The number of nitrogens with one attached hydrogen (secondary N) is 1. The zero-order valence-electron chi connectivity index (χ0n) is 15.6. The molecule has 2 aromatic carbocycles. The third-order valence-electron chi connectivity index (χ3n) is 4.52. The minimum atomic E-state index is -0.206. The predicted molar refractivity (Wildman–Crippen MR) is 122 cm³/mol. The number of rotatable bonds is 6. The molecule has 1 amide bonds. The number of thiazole rings is 1. The molecule has 0 saturated carbocycles. The van der Waals surface area contributed by atoms with E-state index in [1.54, 1.807) is 29.8 Å². The predicted octanol–water partition coefficient (Wildman–Crippen LogP) is 5.18. The number of hydrogen-bond acceptors (Lipinski definition) is 6. The van der Waals surface area contributed by atoms with Crippen molar-refractivity contribution < 1.29 is 9.53 Å². The van der Waals surface area contributed by atoms with E-state index in [0.717, 1.165) is 36.0 Å². The lowest BCUT2D eigenvalue weighted by Crippen LogP contribution is -2.32. The first-order valence-corrected chi connectivity index (χ1v) is 11.7. The largest absolute Gasteiger partial charge is 0.487 e. The van der Waals surface area contributed by atoms with E-state index in [2.05, 4.69) is 15.2 Å². The Hall–Kier alpha value is -2.22. The molecule has 1 N–H and O–H groups in total. The van der Waals surface area contributed by atoms with E-state index in [1.165, 1.54) is 11.3 Å². The first-order valence-electron chi connectivity index (χ1n) is 9.22. The Kier molecular flexibility index (Phi) is 6.59. The molecule has 2 heterocycles. The normalized spacial score (nSPS) is 13.9. The van der Waals surface area contributed by atoms with Crippen molar-refractivity contribution in [2.75, 3.05) is 34.8 Å². The minimum absolute atomic E-state index is 0.206. The Morgan fingerprint density at radius 1 is 1.21 bits per heavy atom. The molecule has 0 bridgehead atoms. The van der Waals surface area contributed by atoms with Gasteiger partial charge in [-0.15, -0.1) is 11.3 Å². The minimum Gasteiger partial charge on any atom is -0.487 e. The Morgan fingerprint density at radius 2 is 2.07 bits per heavy atom. The molecule has 8 heteroatoms. The SMILES string of the molecule is O=C(Nc1ccc(N2CCSCC2)c(Cl)c1)c1cccc(OCc2cscn2)c1. The summed E-state index contributed by atoms with van der Waals surface area (Å²) in [6.45, 7) is 2.36. The summed E-state index contributed by atoms with van der Waals surface area (Å²) in [4.78, 5) is 19.1. The van der Waals surface area contributed by atoms with Crippen LogP contribution in [0.5, 0.6) is 5.75 Å². The molecular weight excluding hydrogens is 426 g/mol. The summed E-state index contributed by atoms with van der Waals surface area (Å²) in [6.07, 6.45) is 0. The summed E-state index contributed by atoms with van der Waals surface area (Å²) in [6, 6.07) is 12.8. The third kappa shape index (κ3) is 5.23. The molecule has 1 fully saturated rings. The van der Waals surface area contributed by atoms with Gasteiger partial charge in [0.05, 0.1) is 21.9 Å². The van der Waals surface area contributed by atoms with Gasteiger partial charge in [0.1, 0.15) is 12.4 Å². The van der Waals surface area contributed by atoms with Crippen LogP contribution in [-0.4, -0.2) is 35.5 Å². The number of hydrogen-bond donors (Lipinski definition) is 1. The maximum atomic E-state index is 12.7. The fourth-order valence-electron chi connectivity index (χ4n) is 3.04. The zero-order valence-corrected chi connectivity index (χ0v) is 18.0. The van der Waals surface area contributed by atoms with Gasteiger partial charge in [0, 0.05) is 41.2 Å².